The van der Waals surface area contributed by atoms with Crippen molar-refractivity contribution in [2.45, 2.75) is 64.1 Å². The van der Waals surface area contributed by atoms with Gasteiger partial charge >= 0.3 is 30.4 Å². The molecule has 0 spiro atoms. The minimum Gasteiger partial charge on any atom is -0.394 e. The fourth-order valence-corrected chi connectivity index (χ4v) is 10.5. The van der Waals surface area contributed by atoms with E-state index in [0.717, 1.165) is 46.2 Å². The highest BCUT2D eigenvalue weighted by Crippen LogP contribution is 2.49. The van der Waals surface area contributed by atoms with Crippen LogP contribution in [-0.4, -0.2) is 129 Å². The summed E-state index contributed by atoms with van der Waals surface area (Å²) in [5.74, 6) is 0. The number of aliphatic hydroxyl groups excluding tert-OH is 2. The molecular formula is C38H67NO15P4. The fraction of sp³-hybridized carbons (Fsp3) is 0.684. The minimum absolute atomic E-state index is 0.0184. The molecule has 0 saturated carbocycles. The molecule has 2 N–H and O–H groups in total. The van der Waals surface area contributed by atoms with Crippen LogP contribution in [0.4, 0.5) is 0 Å². The summed E-state index contributed by atoms with van der Waals surface area (Å²) in [4.78, 5) is 1.96. The quantitative estimate of drug-likeness (QED) is 0.0546. The summed E-state index contributed by atoms with van der Waals surface area (Å²) in [5.41, 5.74) is 3.59. The van der Waals surface area contributed by atoms with Crippen LogP contribution in [0.5, 0.6) is 0 Å². The topological polar surface area (TPSA) is 195 Å². The van der Waals surface area contributed by atoms with E-state index >= 15 is 0 Å². The zero-order chi connectivity index (χ0) is 43.5. The molecule has 0 aliphatic rings. The zero-order valence-corrected chi connectivity index (χ0v) is 39.3. The van der Waals surface area contributed by atoms with Gasteiger partial charge in [0.15, 0.2) is 0 Å². The van der Waals surface area contributed by atoms with E-state index < -0.39 is 49.1 Å². The maximum absolute atomic E-state index is 13.0. The molecule has 2 aromatic rings. The molecule has 0 unspecified atom stereocenters. The lowest BCUT2D eigenvalue weighted by molar-refractivity contribution is -0.0770. The number of rotatable bonds is 32. The second kappa shape index (κ2) is 25.7. The van der Waals surface area contributed by atoms with Crippen LogP contribution in [0, 0.1) is 0 Å². The van der Waals surface area contributed by atoms with Gasteiger partial charge in [0.05, 0.1) is 50.0 Å². The van der Waals surface area contributed by atoms with Crippen LogP contribution < -0.4 is 0 Å². The number of aryl methyl sites for hydroxylation is 4. The summed E-state index contributed by atoms with van der Waals surface area (Å²) in [6.45, 7) is 2.03. The van der Waals surface area contributed by atoms with Gasteiger partial charge in [-0.3, -0.25) is 23.2 Å². The summed E-state index contributed by atoms with van der Waals surface area (Å²) in [7, 11) is -2.70. The van der Waals surface area contributed by atoms with E-state index in [1.807, 2.05) is 48.2 Å². The van der Waals surface area contributed by atoms with E-state index in [4.69, 9.17) is 40.9 Å². The lowest BCUT2D eigenvalue weighted by Gasteiger charge is -2.42. The van der Waals surface area contributed by atoms with Crippen molar-refractivity contribution in [2.24, 2.45) is 0 Å². The molecule has 0 heterocycles. The van der Waals surface area contributed by atoms with Gasteiger partial charge in [0, 0.05) is 76.6 Å². The van der Waals surface area contributed by atoms with E-state index in [-0.39, 0.29) is 44.3 Å². The highest BCUT2D eigenvalue weighted by molar-refractivity contribution is 7.54. The number of hydrogen-bond acceptors (Lipinski definition) is 16. The molecule has 2 rings (SSSR count). The van der Waals surface area contributed by atoms with Crippen LogP contribution in [0.15, 0.2) is 36.4 Å². The van der Waals surface area contributed by atoms with E-state index in [2.05, 4.69) is 0 Å². The van der Waals surface area contributed by atoms with Crippen LogP contribution in [0.3, 0.4) is 0 Å². The molecular weight excluding hydrogens is 834 g/mol. The maximum atomic E-state index is 13.0. The van der Waals surface area contributed by atoms with Crippen molar-refractivity contribution in [3.63, 3.8) is 0 Å². The Balaban J connectivity index is 2.77. The molecule has 0 atom stereocenters. The van der Waals surface area contributed by atoms with Crippen LogP contribution >= 0.6 is 30.4 Å². The normalized spacial score (nSPS) is 13.2. The van der Waals surface area contributed by atoms with E-state index in [1.54, 1.807) is 0 Å². The third kappa shape index (κ3) is 16.6. The van der Waals surface area contributed by atoms with Crippen molar-refractivity contribution in [1.29, 1.82) is 0 Å². The standard InChI is InChI=1S/C38H67NO15P4/c1-10-11-16-54-31-38(29-40,30-41)39(27-36-23-32(12-17-55(42,46-2)47-3)21-33(24-36)13-18-56(43,48-4)49-5)28-37-25-34(14-19-57(44,50-6)51-7)22-35(26-37)15-20-58(45,52-8)53-9/h21-26,40-41H,10-20,27-31H2,1-9H3. The van der Waals surface area contributed by atoms with Crippen molar-refractivity contribution < 1.29 is 69.4 Å². The van der Waals surface area contributed by atoms with Gasteiger partial charge in [-0.1, -0.05) is 49.7 Å². The number of nitrogens with zero attached hydrogens (tertiary/aromatic N) is 1. The maximum Gasteiger partial charge on any atom is 0.330 e. The Kier molecular flexibility index (Phi) is 23.5. The van der Waals surface area contributed by atoms with Crippen LogP contribution in [0.25, 0.3) is 0 Å². The second-order valence-electron chi connectivity index (χ2n) is 13.9. The Bertz CT molecular complexity index is 1490. The van der Waals surface area contributed by atoms with Gasteiger partial charge in [0.1, 0.15) is 0 Å². The third-order valence-corrected chi connectivity index (χ3v) is 17.7. The summed E-state index contributed by atoms with van der Waals surface area (Å²) < 4.78 is 99.8. The molecule has 0 amide bonds. The highest BCUT2D eigenvalue weighted by Gasteiger charge is 2.37. The molecule has 16 nitrogen and oxygen atoms in total. The zero-order valence-electron chi connectivity index (χ0n) is 35.7. The average Bonchev–Trinajstić information content (AvgIpc) is 3.25. The van der Waals surface area contributed by atoms with Gasteiger partial charge < -0.3 is 51.1 Å². The molecule has 0 fully saturated rings. The van der Waals surface area contributed by atoms with Crippen molar-refractivity contribution in [2.75, 3.05) is 108 Å². The fourth-order valence-electron chi connectivity index (χ4n) is 6.30. The van der Waals surface area contributed by atoms with E-state index in [1.165, 1.54) is 56.9 Å². The van der Waals surface area contributed by atoms with Crippen molar-refractivity contribution >= 4 is 30.4 Å². The van der Waals surface area contributed by atoms with Gasteiger partial charge in [0.25, 0.3) is 0 Å². The molecule has 20 heteroatoms. The molecule has 0 radical (unpaired) electrons. The predicted octanol–water partition coefficient (Wildman–Crippen LogP) is 7.34. The number of hydrogen-bond donors (Lipinski definition) is 2. The first kappa shape index (κ1) is 53.0. The summed E-state index contributed by atoms with van der Waals surface area (Å²) in [6.07, 6.45) is 3.47. The largest absolute Gasteiger partial charge is 0.394 e. The first-order chi connectivity index (χ1) is 27.5. The monoisotopic (exact) mass is 901 g/mol. The molecule has 0 aliphatic heterocycles. The molecule has 58 heavy (non-hydrogen) atoms. The minimum atomic E-state index is -3.35. The van der Waals surface area contributed by atoms with Gasteiger partial charge in [-0.05, 0) is 65.5 Å². The van der Waals surface area contributed by atoms with E-state index in [0.29, 0.717) is 32.3 Å². The molecule has 0 aromatic heterocycles. The smallest absolute Gasteiger partial charge is 0.330 e. The Morgan fingerprint density at radius 1 is 0.500 bits per heavy atom. The highest BCUT2D eigenvalue weighted by atomic mass is 31.2. The SMILES string of the molecule is CCCCOCC(CO)(CO)N(Cc1cc(CCP(=O)(OC)OC)cc(CCP(=O)(OC)OC)c1)Cc1cc(CCP(=O)(OC)OC)cc(CCP(=O)(OC)OC)c1. The second-order valence-corrected chi connectivity index (χ2v) is 23.5. The molecule has 0 saturated heterocycles. The molecule has 0 aliphatic carbocycles. The Labute approximate surface area is 345 Å². The summed E-state index contributed by atoms with van der Waals surface area (Å²) in [6, 6.07) is 11.7. The molecule has 334 valence electrons. The van der Waals surface area contributed by atoms with Crippen molar-refractivity contribution in [3.8, 4) is 0 Å². The van der Waals surface area contributed by atoms with Crippen LogP contribution in [0.2, 0.25) is 0 Å². The summed E-state index contributed by atoms with van der Waals surface area (Å²) >= 11 is 0. The first-order valence-electron chi connectivity index (χ1n) is 19.1. The predicted molar refractivity (Wildman–Crippen MR) is 226 cm³/mol. The van der Waals surface area contributed by atoms with Gasteiger partial charge in [-0.2, -0.15) is 0 Å². The Morgan fingerprint density at radius 3 is 1.02 bits per heavy atom. The Hall–Kier alpha value is -1.12. The summed E-state index contributed by atoms with van der Waals surface area (Å²) in [5, 5.41) is 22.1. The van der Waals surface area contributed by atoms with Gasteiger partial charge in [-0.25, -0.2) is 0 Å². The number of unbranched alkanes of at least 4 members (excludes halogenated alkanes) is 1. The number of benzene rings is 2. The number of aliphatic hydroxyl groups is 2. The third-order valence-electron chi connectivity index (χ3n) is 10.2. The first-order valence-corrected chi connectivity index (χ1v) is 26.1. The lowest BCUT2D eigenvalue weighted by Crippen LogP contribution is -2.57. The van der Waals surface area contributed by atoms with Gasteiger partial charge in [-0.15, -0.1) is 0 Å². The van der Waals surface area contributed by atoms with Crippen molar-refractivity contribution in [3.05, 3.63) is 69.8 Å². The Morgan fingerprint density at radius 2 is 0.776 bits per heavy atom. The number of ether oxygens (including phenoxy) is 1. The van der Waals surface area contributed by atoms with Crippen LogP contribution in [0.1, 0.15) is 53.1 Å². The molecule has 0 bridgehead atoms. The van der Waals surface area contributed by atoms with Gasteiger partial charge in [0.2, 0.25) is 0 Å². The van der Waals surface area contributed by atoms with E-state index in [9.17, 15) is 28.5 Å². The average molecular weight is 902 g/mol. The van der Waals surface area contributed by atoms with Crippen molar-refractivity contribution in [1.82, 2.24) is 4.90 Å². The van der Waals surface area contributed by atoms with Crippen LogP contribution in [-0.2, 0) is 98.0 Å². The lowest BCUT2D eigenvalue weighted by atomic mass is 9.95. The molecule has 2 aromatic carbocycles.